The van der Waals surface area contributed by atoms with E-state index in [4.69, 9.17) is 4.42 Å². The van der Waals surface area contributed by atoms with Crippen molar-refractivity contribution < 1.29 is 18.8 Å². The molecule has 2 aromatic carbocycles. The fourth-order valence-corrected chi connectivity index (χ4v) is 4.43. The summed E-state index contributed by atoms with van der Waals surface area (Å²) in [6.45, 7) is 4.06. The molecule has 2 heterocycles. The molecule has 1 atom stereocenters. The van der Waals surface area contributed by atoms with Gasteiger partial charge in [0.15, 0.2) is 5.76 Å². The first-order valence-corrected chi connectivity index (χ1v) is 10.7. The zero-order valence-corrected chi connectivity index (χ0v) is 17.9. The number of hydrogen-bond donors (Lipinski definition) is 2. The van der Waals surface area contributed by atoms with Gasteiger partial charge < -0.3 is 20.0 Å². The molecule has 0 fully saturated rings. The second-order valence-corrected chi connectivity index (χ2v) is 8.08. The summed E-state index contributed by atoms with van der Waals surface area (Å²) in [4.78, 5) is 41.1. The lowest BCUT2D eigenvalue weighted by atomic mass is 10.1. The Morgan fingerprint density at radius 1 is 1.10 bits per heavy atom. The van der Waals surface area contributed by atoms with E-state index in [0.29, 0.717) is 17.8 Å². The van der Waals surface area contributed by atoms with Crippen molar-refractivity contribution in [1.82, 2.24) is 5.32 Å². The van der Waals surface area contributed by atoms with E-state index in [1.54, 1.807) is 24.0 Å². The number of nitrogens with one attached hydrogen (secondary N) is 2. The molecule has 7 nitrogen and oxygen atoms in total. The number of hydrogen-bond acceptors (Lipinski definition) is 5. The highest BCUT2D eigenvalue weighted by molar-refractivity contribution is 7.99. The van der Waals surface area contributed by atoms with Gasteiger partial charge in [0.05, 0.1) is 17.5 Å². The number of carbonyl (C=O) groups excluding carboxylic acids is 3. The van der Waals surface area contributed by atoms with E-state index >= 15 is 0 Å². The van der Waals surface area contributed by atoms with Crippen molar-refractivity contribution in [3.8, 4) is 0 Å². The number of benzene rings is 2. The molecule has 0 saturated carbocycles. The number of anilines is 2. The average Bonchev–Trinajstić information content (AvgIpc) is 3.27. The summed E-state index contributed by atoms with van der Waals surface area (Å²) >= 11 is 1.49. The molecule has 2 N–H and O–H groups in total. The van der Waals surface area contributed by atoms with Crippen LogP contribution in [0.3, 0.4) is 0 Å². The molecule has 1 aromatic heterocycles. The molecule has 1 aliphatic rings. The lowest BCUT2D eigenvalue weighted by Gasteiger charge is -2.22. The van der Waals surface area contributed by atoms with Crippen LogP contribution in [0.4, 0.5) is 11.4 Å². The molecule has 4 rings (SSSR count). The summed E-state index contributed by atoms with van der Waals surface area (Å²) < 4.78 is 5.05. The van der Waals surface area contributed by atoms with Crippen LogP contribution in [0.2, 0.25) is 0 Å². The number of amides is 3. The molecule has 1 aliphatic heterocycles. The first kappa shape index (κ1) is 20.7. The predicted octanol–water partition coefficient (Wildman–Crippen LogP) is 4.17. The zero-order chi connectivity index (χ0) is 22.0. The number of furan rings is 1. The van der Waals surface area contributed by atoms with Gasteiger partial charge in [0.1, 0.15) is 6.04 Å². The van der Waals surface area contributed by atoms with E-state index in [0.717, 1.165) is 15.5 Å². The third kappa shape index (κ3) is 4.20. The summed E-state index contributed by atoms with van der Waals surface area (Å²) in [6.07, 6.45) is 1.40. The fourth-order valence-electron chi connectivity index (χ4n) is 3.31. The van der Waals surface area contributed by atoms with E-state index in [1.807, 2.05) is 43.3 Å². The quantitative estimate of drug-likeness (QED) is 0.628. The van der Waals surface area contributed by atoms with Crippen molar-refractivity contribution >= 4 is 40.9 Å². The van der Waals surface area contributed by atoms with Crippen LogP contribution in [0.15, 0.2) is 75.1 Å². The van der Waals surface area contributed by atoms with Crippen LogP contribution >= 0.6 is 11.8 Å². The van der Waals surface area contributed by atoms with Crippen molar-refractivity contribution in [3.63, 3.8) is 0 Å². The Kier molecular flexibility index (Phi) is 5.81. The van der Waals surface area contributed by atoms with E-state index in [2.05, 4.69) is 10.6 Å². The van der Waals surface area contributed by atoms with Gasteiger partial charge in [-0.3, -0.25) is 14.4 Å². The number of carbonyl (C=O) groups is 3. The van der Waals surface area contributed by atoms with E-state index in [1.165, 1.54) is 24.1 Å². The van der Waals surface area contributed by atoms with Gasteiger partial charge >= 0.3 is 0 Å². The van der Waals surface area contributed by atoms with Gasteiger partial charge in [-0.2, -0.15) is 0 Å². The summed E-state index contributed by atoms with van der Waals surface area (Å²) in [5.74, 6) is -0.722. The molecule has 8 heteroatoms. The summed E-state index contributed by atoms with van der Waals surface area (Å²) in [5.41, 5.74) is 2.04. The van der Waals surface area contributed by atoms with Crippen molar-refractivity contribution in [1.29, 1.82) is 0 Å². The summed E-state index contributed by atoms with van der Waals surface area (Å²) in [5, 5.41) is 5.44. The number of fused-ring (bicyclic) bond motifs is 2. The molecule has 0 aliphatic carbocycles. The number of rotatable bonds is 5. The molecule has 158 valence electrons. The SMILES string of the molecule is CCN1C(=O)c2ccccc2Sc2cc(NC(=O)[C@H](C)NC(=O)c3ccco3)ccc21. The molecule has 3 amide bonds. The first-order chi connectivity index (χ1) is 15.0. The normalized spacial score (nSPS) is 13.6. The van der Waals surface area contributed by atoms with Crippen LogP contribution in [0.25, 0.3) is 0 Å². The standard InChI is InChI=1S/C23H21N3O4S/c1-3-26-17-11-10-15(13-20(17)31-19-9-5-4-7-16(19)23(26)29)25-21(27)14(2)24-22(28)18-8-6-12-30-18/h4-14H,3H2,1-2H3,(H,24,28)(H,25,27)/t14-/m0/s1. The maximum absolute atomic E-state index is 13.0. The molecule has 0 spiro atoms. The second-order valence-electron chi connectivity index (χ2n) is 6.99. The van der Waals surface area contributed by atoms with Crippen LogP contribution in [-0.2, 0) is 4.79 Å². The van der Waals surface area contributed by atoms with Gasteiger partial charge in [-0.05, 0) is 56.3 Å². The molecule has 31 heavy (non-hydrogen) atoms. The van der Waals surface area contributed by atoms with Gasteiger partial charge in [0, 0.05) is 22.0 Å². The summed E-state index contributed by atoms with van der Waals surface area (Å²) in [6, 6.07) is 15.3. The van der Waals surface area contributed by atoms with Crippen LogP contribution in [-0.4, -0.2) is 30.3 Å². The molecular weight excluding hydrogens is 414 g/mol. The Morgan fingerprint density at radius 2 is 1.90 bits per heavy atom. The molecule has 0 saturated heterocycles. The highest BCUT2D eigenvalue weighted by atomic mass is 32.2. The third-order valence-corrected chi connectivity index (χ3v) is 6.03. The third-order valence-electron chi connectivity index (χ3n) is 4.90. The smallest absolute Gasteiger partial charge is 0.287 e. The molecule has 3 aromatic rings. The van der Waals surface area contributed by atoms with Gasteiger partial charge in [-0.25, -0.2) is 0 Å². The lowest BCUT2D eigenvalue weighted by molar-refractivity contribution is -0.117. The lowest BCUT2D eigenvalue weighted by Crippen LogP contribution is -2.41. The minimum absolute atomic E-state index is 0.0459. The average molecular weight is 436 g/mol. The molecule has 0 radical (unpaired) electrons. The highest BCUT2D eigenvalue weighted by Gasteiger charge is 2.26. The van der Waals surface area contributed by atoms with Gasteiger partial charge in [-0.15, -0.1) is 0 Å². The molecule has 0 bridgehead atoms. The van der Waals surface area contributed by atoms with E-state index < -0.39 is 11.9 Å². The fraction of sp³-hybridized carbons (Fsp3) is 0.174. The van der Waals surface area contributed by atoms with Crippen molar-refractivity contribution in [2.24, 2.45) is 0 Å². The van der Waals surface area contributed by atoms with Crippen LogP contribution in [0, 0.1) is 0 Å². The Morgan fingerprint density at radius 3 is 2.65 bits per heavy atom. The van der Waals surface area contributed by atoms with Gasteiger partial charge in [0.2, 0.25) is 5.91 Å². The minimum Gasteiger partial charge on any atom is -0.459 e. The highest BCUT2D eigenvalue weighted by Crippen LogP contribution is 2.42. The van der Waals surface area contributed by atoms with Crippen LogP contribution in [0.5, 0.6) is 0 Å². The molecule has 0 unspecified atom stereocenters. The predicted molar refractivity (Wildman–Crippen MR) is 119 cm³/mol. The Bertz CT molecular complexity index is 1140. The summed E-state index contributed by atoms with van der Waals surface area (Å²) in [7, 11) is 0. The van der Waals surface area contributed by atoms with Gasteiger partial charge in [0.25, 0.3) is 11.8 Å². The first-order valence-electron chi connectivity index (χ1n) is 9.86. The van der Waals surface area contributed by atoms with Gasteiger partial charge in [-0.1, -0.05) is 23.9 Å². The van der Waals surface area contributed by atoms with E-state index in [9.17, 15) is 14.4 Å². The Balaban J connectivity index is 1.54. The Hall–Kier alpha value is -3.52. The van der Waals surface area contributed by atoms with Crippen molar-refractivity contribution in [3.05, 3.63) is 72.2 Å². The monoisotopic (exact) mass is 435 g/mol. The van der Waals surface area contributed by atoms with Crippen molar-refractivity contribution in [2.45, 2.75) is 29.7 Å². The van der Waals surface area contributed by atoms with Crippen LogP contribution in [0.1, 0.15) is 34.8 Å². The van der Waals surface area contributed by atoms with Crippen LogP contribution < -0.4 is 15.5 Å². The maximum Gasteiger partial charge on any atom is 0.287 e. The van der Waals surface area contributed by atoms with E-state index in [-0.39, 0.29) is 17.6 Å². The largest absolute Gasteiger partial charge is 0.459 e. The van der Waals surface area contributed by atoms with Crippen molar-refractivity contribution in [2.75, 3.05) is 16.8 Å². The minimum atomic E-state index is -0.765. The maximum atomic E-state index is 13.0. The second kappa shape index (κ2) is 8.69. The number of nitrogens with zero attached hydrogens (tertiary/aromatic N) is 1. The topological polar surface area (TPSA) is 91.7 Å². The zero-order valence-electron chi connectivity index (χ0n) is 17.0. The Labute approximate surface area is 183 Å². The molecular formula is C23H21N3O4S.